The zero-order chi connectivity index (χ0) is 14.2. The lowest BCUT2D eigenvalue weighted by Crippen LogP contribution is -2.35. The molecule has 5 nitrogen and oxygen atoms in total. The monoisotopic (exact) mass is 281 g/mol. The van der Waals surface area contributed by atoms with Crippen molar-refractivity contribution < 1.29 is 0 Å². The van der Waals surface area contributed by atoms with Crippen LogP contribution < -0.4 is 4.90 Å². The molecule has 0 saturated carbocycles. The molecule has 21 heavy (non-hydrogen) atoms. The lowest BCUT2D eigenvalue weighted by molar-refractivity contribution is 0.496. The summed E-state index contributed by atoms with van der Waals surface area (Å²) in [5, 5.41) is 7.48. The topological polar surface area (TPSA) is 60.6 Å². The average molecular weight is 281 g/mol. The number of piperidine rings is 1. The van der Waals surface area contributed by atoms with Gasteiger partial charge in [-0.15, -0.1) is 0 Å². The van der Waals surface area contributed by atoms with E-state index in [1.165, 1.54) is 18.5 Å². The highest BCUT2D eigenvalue weighted by Gasteiger charge is 2.24. The molecule has 0 radical (unpaired) electrons. The maximum Gasteiger partial charge on any atom is 0.203 e. The standard InChI is InChI=1S/C16H19N5/c1-11-9-15(20-19-11)12-5-4-8-21(10-12)16-17-13-6-2-3-7-14(13)18-16/h2-3,6-7,9,12H,4-5,8,10H2,1H3,(H,17,18)(H,19,20). The van der Waals surface area contributed by atoms with Gasteiger partial charge in [0.15, 0.2) is 0 Å². The predicted octanol–water partition coefficient (Wildman–Crippen LogP) is 2.98. The van der Waals surface area contributed by atoms with E-state index in [0.29, 0.717) is 5.92 Å². The second-order valence-electron chi connectivity index (χ2n) is 5.84. The largest absolute Gasteiger partial charge is 0.342 e. The molecule has 1 saturated heterocycles. The summed E-state index contributed by atoms with van der Waals surface area (Å²) in [5.74, 6) is 1.46. The van der Waals surface area contributed by atoms with Gasteiger partial charge in [-0.3, -0.25) is 5.10 Å². The number of imidazole rings is 1. The van der Waals surface area contributed by atoms with Crippen LogP contribution >= 0.6 is 0 Å². The molecule has 108 valence electrons. The van der Waals surface area contributed by atoms with Crippen LogP contribution in [-0.2, 0) is 0 Å². The number of H-pyrrole nitrogens is 2. The van der Waals surface area contributed by atoms with Gasteiger partial charge < -0.3 is 9.88 Å². The maximum atomic E-state index is 4.71. The van der Waals surface area contributed by atoms with Crippen LogP contribution in [0.1, 0.15) is 30.1 Å². The Morgan fingerprint density at radius 1 is 1.29 bits per heavy atom. The van der Waals surface area contributed by atoms with Crippen LogP contribution in [0.3, 0.4) is 0 Å². The number of anilines is 1. The average Bonchev–Trinajstić information content (AvgIpc) is 3.13. The Bertz CT molecular complexity index is 724. The number of aryl methyl sites for hydroxylation is 1. The fourth-order valence-electron chi connectivity index (χ4n) is 3.15. The van der Waals surface area contributed by atoms with Crippen LogP contribution in [0.4, 0.5) is 5.95 Å². The quantitative estimate of drug-likeness (QED) is 0.759. The molecule has 3 aromatic rings. The van der Waals surface area contributed by atoms with E-state index in [-0.39, 0.29) is 0 Å². The minimum atomic E-state index is 0.483. The Labute approximate surface area is 123 Å². The minimum absolute atomic E-state index is 0.483. The minimum Gasteiger partial charge on any atom is -0.342 e. The molecular formula is C16H19N5. The summed E-state index contributed by atoms with van der Waals surface area (Å²) < 4.78 is 0. The normalized spacial score (nSPS) is 19.3. The smallest absolute Gasteiger partial charge is 0.203 e. The van der Waals surface area contributed by atoms with Crippen molar-refractivity contribution in [2.45, 2.75) is 25.7 Å². The number of hydrogen-bond acceptors (Lipinski definition) is 3. The van der Waals surface area contributed by atoms with Gasteiger partial charge in [0, 0.05) is 24.7 Å². The SMILES string of the molecule is Cc1cc(C2CCCN(c3nc4ccccc4[nH]3)C2)n[nH]1. The van der Waals surface area contributed by atoms with Crippen molar-refractivity contribution in [3.63, 3.8) is 0 Å². The fraction of sp³-hybridized carbons (Fsp3) is 0.375. The Kier molecular flexibility index (Phi) is 2.91. The molecule has 1 atom stereocenters. The van der Waals surface area contributed by atoms with Gasteiger partial charge in [-0.05, 0) is 38.0 Å². The van der Waals surface area contributed by atoms with Gasteiger partial charge in [-0.1, -0.05) is 12.1 Å². The molecule has 0 bridgehead atoms. The number of aromatic nitrogens is 4. The van der Waals surface area contributed by atoms with Gasteiger partial charge in [-0.25, -0.2) is 4.98 Å². The summed E-state index contributed by atoms with van der Waals surface area (Å²) in [5.41, 5.74) is 4.44. The fourth-order valence-corrected chi connectivity index (χ4v) is 3.15. The van der Waals surface area contributed by atoms with Crippen molar-refractivity contribution in [3.05, 3.63) is 41.7 Å². The zero-order valence-electron chi connectivity index (χ0n) is 12.1. The van der Waals surface area contributed by atoms with E-state index in [0.717, 1.165) is 35.8 Å². The van der Waals surface area contributed by atoms with Gasteiger partial charge in [0.05, 0.1) is 16.7 Å². The number of rotatable bonds is 2. The zero-order valence-corrected chi connectivity index (χ0v) is 12.1. The molecule has 0 aliphatic carbocycles. The van der Waals surface area contributed by atoms with E-state index in [2.05, 4.69) is 39.1 Å². The maximum absolute atomic E-state index is 4.71. The first kappa shape index (κ1) is 12.4. The summed E-state index contributed by atoms with van der Waals surface area (Å²) in [6, 6.07) is 10.3. The highest BCUT2D eigenvalue weighted by Crippen LogP contribution is 2.29. The first-order valence-corrected chi connectivity index (χ1v) is 7.51. The first-order chi connectivity index (χ1) is 10.3. The molecule has 3 heterocycles. The van der Waals surface area contributed by atoms with Crippen LogP contribution in [0.2, 0.25) is 0 Å². The van der Waals surface area contributed by atoms with Gasteiger partial charge >= 0.3 is 0 Å². The lowest BCUT2D eigenvalue weighted by Gasteiger charge is -2.31. The van der Waals surface area contributed by atoms with E-state index in [9.17, 15) is 0 Å². The van der Waals surface area contributed by atoms with Crippen LogP contribution in [0.5, 0.6) is 0 Å². The third-order valence-corrected chi connectivity index (χ3v) is 4.24. The number of hydrogen-bond donors (Lipinski definition) is 2. The van der Waals surface area contributed by atoms with Crippen molar-refractivity contribution in [1.29, 1.82) is 0 Å². The number of aromatic amines is 2. The molecule has 1 aromatic carbocycles. The van der Waals surface area contributed by atoms with Crippen LogP contribution in [0, 0.1) is 6.92 Å². The van der Waals surface area contributed by atoms with E-state index < -0.39 is 0 Å². The molecule has 0 amide bonds. The summed E-state index contributed by atoms with van der Waals surface area (Å²) >= 11 is 0. The van der Waals surface area contributed by atoms with E-state index in [1.54, 1.807) is 0 Å². The van der Waals surface area contributed by atoms with Gasteiger partial charge in [-0.2, -0.15) is 5.10 Å². The third-order valence-electron chi connectivity index (χ3n) is 4.24. The Morgan fingerprint density at radius 3 is 3.00 bits per heavy atom. The third kappa shape index (κ3) is 2.28. The van der Waals surface area contributed by atoms with E-state index in [4.69, 9.17) is 4.98 Å². The molecule has 1 aliphatic heterocycles. The molecular weight excluding hydrogens is 262 g/mol. The Balaban J connectivity index is 1.60. The Morgan fingerprint density at radius 2 is 2.19 bits per heavy atom. The van der Waals surface area contributed by atoms with Crippen molar-refractivity contribution in [2.24, 2.45) is 0 Å². The second kappa shape index (κ2) is 4.91. The Hall–Kier alpha value is -2.30. The molecule has 2 aromatic heterocycles. The molecule has 1 aliphatic rings. The molecule has 2 N–H and O–H groups in total. The van der Waals surface area contributed by atoms with Crippen molar-refractivity contribution in [1.82, 2.24) is 20.2 Å². The molecule has 5 heteroatoms. The molecule has 1 fully saturated rings. The van der Waals surface area contributed by atoms with Crippen LogP contribution in [0.15, 0.2) is 30.3 Å². The van der Waals surface area contributed by atoms with Crippen LogP contribution in [-0.4, -0.2) is 33.3 Å². The number of benzene rings is 1. The van der Waals surface area contributed by atoms with Crippen LogP contribution in [0.25, 0.3) is 11.0 Å². The highest BCUT2D eigenvalue weighted by atomic mass is 15.3. The number of nitrogens with one attached hydrogen (secondary N) is 2. The van der Waals surface area contributed by atoms with Crippen molar-refractivity contribution in [2.75, 3.05) is 18.0 Å². The molecule has 4 rings (SSSR count). The first-order valence-electron chi connectivity index (χ1n) is 7.51. The van der Waals surface area contributed by atoms with Gasteiger partial charge in [0.25, 0.3) is 0 Å². The number of nitrogens with zero attached hydrogens (tertiary/aromatic N) is 3. The lowest BCUT2D eigenvalue weighted by atomic mass is 9.95. The van der Waals surface area contributed by atoms with Crippen molar-refractivity contribution >= 4 is 17.0 Å². The molecule has 0 spiro atoms. The summed E-state index contributed by atoms with van der Waals surface area (Å²) in [6.45, 7) is 4.08. The summed E-state index contributed by atoms with van der Waals surface area (Å²) in [4.78, 5) is 10.5. The number of para-hydroxylation sites is 2. The number of fused-ring (bicyclic) bond motifs is 1. The van der Waals surface area contributed by atoms with E-state index in [1.807, 2.05) is 18.2 Å². The molecule has 1 unspecified atom stereocenters. The summed E-state index contributed by atoms with van der Waals surface area (Å²) in [7, 11) is 0. The summed E-state index contributed by atoms with van der Waals surface area (Å²) in [6.07, 6.45) is 2.37. The second-order valence-corrected chi connectivity index (χ2v) is 5.84. The van der Waals surface area contributed by atoms with Gasteiger partial charge in [0.2, 0.25) is 5.95 Å². The van der Waals surface area contributed by atoms with Crippen molar-refractivity contribution in [3.8, 4) is 0 Å². The van der Waals surface area contributed by atoms with E-state index >= 15 is 0 Å². The van der Waals surface area contributed by atoms with Gasteiger partial charge in [0.1, 0.15) is 0 Å². The predicted molar refractivity (Wildman–Crippen MR) is 83.6 cm³/mol. The highest BCUT2D eigenvalue weighted by molar-refractivity contribution is 5.77.